The highest BCUT2D eigenvalue weighted by atomic mass is 16.3. The summed E-state index contributed by atoms with van der Waals surface area (Å²) in [7, 11) is 0. The number of nitrogens with zero attached hydrogens (tertiary/aromatic N) is 5. The molecule has 134 valence electrons. The van der Waals surface area contributed by atoms with Gasteiger partial charge in [-0.1, -0.05) is 6.07 Å². The summed E-state index contributed by atoms with van der Waals surface area (Å²) in [6, 6.07) is 7.74. The average Bonchev–Trinajstić information content (AvgIpc) is 3.06. The molecule has 3 heterocycles. The zero-order chi connectivity index (χ0) is 17.9. The zero-order valence-electron chi connectivity index (χ0n) is 14.8. The Morgan fingerprint density at radius 1 is 1.15 bits per heavy atom. The van der Waals surface area contributed by atoms with Crippen molar-refractivity contribution in [2.45, 2.75) is 19.8 Å². The van der Waals surface area contributed by atoms with Crippen LogP contribution in [0.15, 0.2) is 41.1 Å². The number of amides is 1. The lowest BCUT2D eigenvalue weighted by Crippen LogP contribution is -2.49. The molecule has 1 amide bonds. The van der Waals surface area contributed by atoms with Crippen molar-refractivity contribution in [3.05, 3.63) is 48.1 Å². The number of oxazole rings is 1. The van der Waals surface area contributed by atoms with E-state index >= 15 is 0 Å². The van der Waals surface area contributed by atoms with Crippen LogP contribution in [0.3, 0.4) is 0 Å². The van der Waals surface area contributed by atoms with Crippen LogP contribution < -0.4 is 4.90 Å². The lowest BCUT2D eigenvalue weighted by molar-refractivity contribution is -0.131. The van der Waals surface area contributed by atoms with E-state index in [1.54, 1.807) is 18.5 Å². The fourth-order valence-electron chi connectivity index (χ4n) is 3.26. The van der Waals surface area contributed by atoms with E-state index in [-0.39, 0.29) is 5.91 Å². The second-order valence-electron chi connectivity index (χ2n) is 6.45. The van der Waals surface area contributed by atoms with E-state index in [2.05, 4.69) is 19.9 Å². The molecule has 0 radical (unpaired) electrons. The maximum atomic E-state index is 12.5. The highest BCUT2D eigenvalue weighted by Crippen LogP contribution is 2.18. The Morgan fingerprint density at radius 2 is 1.92 bits per heavy atom. The Balaban J connectivity index is 1.31. The second-order valence-corrected chi connectivity index (χ2v) is 6.45. The molecule has 3 aromatic rings. The van der Waals surface area contributed by atoms with Gasteiger partial charge in [-0.3, -0.25) is 4.79 Å². The summed E-state index contributed by atoms with van der Waals surface area (Å²) < 4.78 is 5.49. The molecule has 1 aliphatic heterocycles. The number of hydrogen-bond donors (Lipinski definition) is 0. The van der Waals surface area contributed by atoms with Gasteiger partial charge in [0.25, 0.3) is 0 Å². The number of benzene rings is 1. The van der Waals surface area contributed by atoms with Crippen LogP contribution in [0, 0.1) is 6.92 Å². The lowest BCUT2D eigenvalue weighted by Gasteiger charge is -2.34. The largest absolute Gasteiger partial charge is 0.441 e. The fraction of sp³-hybridized carbons (Fsp3) is 0.368. The quantitative estimate of drug-likeness (QED) is 0.717. The van der Waals surface area contributed by atoms with E-state index in [1.807, 2.05) is 30.0 Å². The number of aryl methyl sites for hydroxylation is 2. The summed E-state index contributed by atoms with van der Waals surface area (Å²) in [5.74, 6) is 1.58. The first-order chi connectivity index (χ1) is 12.7. The van der Waals surface area contributed by atoms with E-state index in [0.717, 1.165) is 35.7 Å². The molecule has 1 aliphatic rings. The van der Waals surface area contributed by atoms with Gasteiger partial charge in [0.15, 0.2) is 11.5 Å². The topological polar surface area (TPSA) is 75.4 Å². The third-order valence-electron chi connectivity index (χ3n) is 4.65. The Bertz CT molecular complexity index is 901. The van der Waals surface area contributed by atoms with E-state index in [1.165, 1.54) is 0 Å². The third kappa shape index (κ3) is 3.51. The van der Waals surface area contributed by atoms with Gasteiger partial charge >= 0.3 is 0 Å². The molecule has 0 N–H and O–H groups in total. The first-order valence-electron chi connectivity index (χ1n) is 8.85. The van der Waals surface area contributed by atoms with Crippen molar-refractivity contribution >= 4 is 23.0 Å². The molecule has 26 heavy (non-hydrogen) atoms. The summed E-state index contributed by atoms with van der Waals surface area (Å²) in [4.78, 5) is 29.5. The first kappa shape index (κ1) is 16.5. The number of aromatic nitrogens is 3. The van der Waals surface area contributed by atoms with E-state index in [4.69, 9.17) is 4.42 Å². The maximum Gasteiger partial charge on any atom is 0.225 e. The van der Waals surface area contributed by atoms with Gasteiger partial charge in [0.1, 0.15) is 5.52 Å². The summed E-state index contributed by atoms with van der Waals surface area (Å²) in [6.07, 6.45) is 4.70. The van der Waals surface area contributed by atoms with Crippen LogP contribution in [-0.2, 0) is 11.2 Å². The van der Waals surface area contributed by atoms with Crippen LogP contribution in [0.4, 0.5) is 5.95 Å². The van der Waals surface area contributed by atoms with Crippen LogP contribution in [0.1, 0.15) is 17.9 Å². The maximum absolute atomic E-state index is 12.5. The molecule has 1 fully saturated rings. The molecule has 0 saturated carbocycles. The minimum Gasteiger partial charge on any atom is -0.441 e. The SMILES string of the molecule is Cc1nc2cc(CCC(=O)N3CCN(c4ncccn4)CC3)ccc2o1. The molecule has 0 unspecified atom stereocenters. The molecule has 2 aromatic heterocycles. The van der Waals surface area contributed by atoms with Crippen molar-refractivity contribution in [3.63, 3.8) is 0 Å². The van der Waals surface area contributed by atoms with E-state index < -0.39 is 0 Å². The van der Waals surface area contributed by atoms with Crippen molar-refractivity contribution in [1.82, 2.24) is 19.9 Å². The monoisotopic (exact) mass is 351 g/mol. The summed E-state index contributed by atoms with van der Waals surface area (Å²) in [6.45, 7) is 4.78. The Labute approximate surface area is 151 Å². The molecule has 0 bridgehead atoms. The van der Waals surface area contributed by atoms with Crippen molar-refractivity contribution in [3.8, 4) is 0 Å². The molecule has 0 aliphatic carbocycles. The average molecular weight is 351 g/mol. The highest BCUT2D eigenvalue weighted by Gasteiger charge is 2.22. The van der Waals surface area contributed by atoms with Crippen LogP contribution in [0.25, 0.3) is 11.1 Å². The molecule has 0 atom stereocenters. The number of piperazine rings is 1. The van der Waals surface area contributed by atoms with E-state index in [0.29, 0.717) is 31.8 Å². The van der Waals surface area contributed by atoms with Gasteiger partial charge < -0.3 is 14.2 Å². The minimum absolute atomic E-state index is 0.190. The molecule has 7 nitrogen and oxygen atoms in total. The van der Waals surface area contributed by atoms with Crippen LogP contribution >= 0.6 is 0 Å². The number of hydrogen-bond acceptors (Lipinski definition) is 6. The van der Waals surface area contributed by atoms with Crippen LogP contribution in [0.5, 0.6) is 0 Å². The van der Waals surface area contributed by atoms with Gasteiger partial charge in [0.05, 0.1) is 0 Å². The smallest absolute Gasteiger partial charge is 0.225 e. The van der Waals surface area contributed by atoms with Gasteiger partial charge in [-0.25, -0.2) is 15.0 Å². The van der Waals surface area contributed by atoms with E-state index in [9.17, 15) is 4.79 Å². The van der Waals surface area contributed by atoms with Gasteiger partial charge in [0.2, 0.25) is 11.9 Å². The van der Waals surface area contributed by atoms with Crippen LogP contribution in [-0.4, -0.2) is 51.9 Å². The molecule has 4 rings (SSSR count). The predicted molar refractivity (Wildman–Crippen MR) is 97.9 cm³/mol. The lowest BCUT2D eigenvalue weighted by atomic mass is 10.1. The van der Waals surface area contributed by atoms with Crippen molar-refractivity contribution < 1.29 is 9.21 Å². The van der Waals surface area contributed by atoms with Gasteiger partial charge in [-0.15, -0.1) is 0 Å². The van der Waals surface area contributed by atoms with Crippen molar-refractivity contribution in [2.24, 2.45) is 0 Å². The summed E-state index contributed by atoms with van der Waals surface area (Å²) in [5.41, 5.74) is 2.75. The van der Waals surface area contributed by atoms with Crippen molar-refractivity contribution in [2.75, 3.05) is 31.1 Å². The van der Waals surface area contributed by atoms with Crippen molar-refractivity contribution in [1.29, 1.82) is 0 Å². The van der Waals surface area contributed by atoms with Crippen LogP contribution in [0.2, 0.25) is 0 Å². The molecule has 1 aromatic carbocycles. The summed E-state index contributed by atoms with van der Waals surface area (Å²) >= 11 is 0. The summed E-state index contributed by atoms with van der Waals surface area (Å²) in [5, 5.41) is 0. The Morgan fingerprint density at radius 3 is 2.69 bits per heavy atom. The third-order valence-corrected chi connectivity index (χ3v) is 4.65. The molecular weight excluding hydrogens is 330 g/mol. The normalized spacial score (nSPS) is 14.8. The fourth-order valence-corrected chi connectivity index (χ4v) is 3.26. The second kappa shape index (κ2) is 7.11. The van der Waals surface area contributed by atoms with Gasteiger partial charge in [-0.2, -0.15) is 0 Å². The molecule has 7 heteroatoms. The predicted octanol–water partition coefficient (Wildman–Crippen LogP) is 2.21. The van der Waals surface area contributed by atoms with Gasteiger partial charge in [0, 0.05) is 51.9 Å². The Hall–Kier alpha value is -2.96. The zero-order valence-corrected chi connectivity index (χ0v) is 14.8. The number of fused-ring (bicyclic) bond motifs is 1. The standard InChI is InChI=1S/C19H21N5O2/c1-14-22-16-13-15(3-5-17(16)26-14)4-6-18(25)23-9-11-24(12-10-23)19-20-7-2-8-21-19/h2-3,5,7-8,13H,4,6,9-12H2,1H3. The number of rotatable bonds is 4. The molecule has 1 saturated heterocycles. The Kier molecular flexibility index (Phi) is 4.51. The molecular formula is C19H21N5O2. The number of anilines is 1. The molecule has 0 spiro atoms. The minimum atomic E-state index is 0.190. The first-order valence-corrected chi connectivity index (χ1v) is 8.85. The van der Waals surface area contributed by atoms with Gasteiger partial charge in [-0.05, 0) is 30.2 Å². The number of carbonyl (C=O) groups is 1. The highest BCUT2D eigenvalue weighted by molar-refractivity contribution is 5.77. The number of carbonyl (C=O) groups excluding carboxylic acids is 1.